The number of aliphatic imine (C=N–C) groups is 1. The fourth-order valence-corrected chi connectivity index (χ4v) is 4.75. The van der Waals surface area contributed by atoms with Gasteiger partial charge in [-0.05, 0) is 31.7 Å². The van der Waals surface area contributed by atoms with Gasteiger partial charge >= 0.3 is 5.97 Å². The Balaban J connectivity index is 1.67. The zero-order valence-electron chi connectivity index (χ0n) is 17.4. The number of rotatable bonds is 5. The molecule has 0 bridgehead atoms. The summed E-state index contributed by atoms with van der Waals surface area (Å²) in [5, 5.41) is 3.63. The summed E-state index contributed by atoms with van der Waals surface area (Å²) < 4.78 is 10.6. The molecule has 1 saturated heterocycles. The molecule has 6 heteroatoms. The number of carbonyl (C=O) groups is 1. The van der Waals surface area contributed by atoms with Crippen LogP contribution in [0.15, 0.2) is 29.3 Å². The average molecular weight is 388 g/mol. The largest absolute Gasteiger partial charge is 0.496 e. The molecule has 0 spiro atoms. The third kappa shape index (κ3) is 4.26. The van der Waals surface area contributed by atoms with Gasteiger partial charge in [-0.3, -0.25) is 9.79 Å². The maximum absolute atomic E-state index is 11.8. The summed E-state index contributed by atoms with van der Waals surface area (Å²) in [6, 6.07) is 8.39. The van der Waals surface area contributed by atoms with Crippen molar-refractivity contribution in [2.75, 3.05) is 40.9 Å². The van der Waals surface area contributed by atoms with E-state index in [1.807, 2.05) is 13.1 Å². The number of esters is 1. The molecule has 1 aliphatic carbocycles. The Bertz CT molecular complexity index is 690. The number of nitrogens with zero attached hydrogens (tertiary/aromatic N) is 2. The highest BCUT2D eigenvalue weighted by atomic mass is 16.5. The number of ether oxygens (including phenoxy) is 2. The van der Waals surface area contributed by atoms with Gasteiger partial charge < -0.3 is 19.7 Å². The van der Waals surface area contributed by atoms with Crippen molar-refractivity contribution in [3.63, 3.8) is 0 Å². The van der Waals surface area contributed by atoms with Crippen molar-refractivity contribution in [1.82, 2.24) is 10.2 Å². The monoisotopic (exact) mass is 387 g/mol. The first-order valence-corrected chi connectivity index (χ1v) is 10.3. The zero-order chi connectivity index (χ0) is 20.0. The molecular formula is C22H33N3O3. The van der Waals surface area contributed by atoms with Crippen LogP contribution in [0.4, 0.5) is 0 Å². The smallest absolute Gasteiger partial charge is 0.308 e. The Morgan fingerprint density at radius 1 is 1.21 bits per heavy atom. The van der Waals surface area contributed by atoms with Gasteiger partial charge in [0.25, 0.3) is 0 Å². The summed E-state index contributed by atoms with van der Waals surface area (Å²) in [7, 11) is 5.05. The lowest BCUT2D eigenvalue weighted by Gasteiger charge is -2.36. The van der Waals surface area contributed by atoms with E-state index in [0.29, 0.717) is 0 Å². The Labute approximate surface area is 168 Å². The van der Waals surface area contributed by atoms with Gasteiger partial charge in [-0.25, -0.2) is 0 Å². The van der Waals surface area contributed by atoms with Gasteiger partial charge in [-0.2, -0.15) is 0 Å². The molecule has 2 fully saturated rings. The summed E-state index contributed by atoms with van der Waals surface area (Å²) >= 11 is 0. The lowest BCUT2D eigenvalue weighted by Crippen LogP contribution is -2.49. The highest BCUT2D eigenvalue weighted by Gasteiger charge is 2.38. The number of nitrogens with one attached hydrogen (secondary N) is 1. The van der Waals surface area contributed by atoms with Gasteiger partial charge in [-0.15, -0.1) is 0 Å². The zero-order valence-corrected chi connectivity index (χ0v) is 17.4. The second kappa shape index (κ2) is 9.30. The molecule has 1 saturated carbocycles. The van der Waals surface area contributed by atoms with Crippen molar-refractivity contribution in [2.24, 2.45) is 10.9 Å². The number of methoxy groups -OCH3 is 2. The quantitative estimate of drug-likeness (QED) is 0.478. The van der Waals surface area contributed by atoms with Crippen LogP contribution in [-0.2, 0) is 14.9 Å². The second-order valence-corrected chi connectivity index (χ2v) is 7.87. The lowest BCUT2D eigenvalue weighted by atomic mass is 9.78. The van der Waals surface area contributed by atoms with Gasteiger partial charge in [-0.1, -0.05) is 31.0 Å². The van der Waals surface area contributed by atoms with E-state index in [4.69, 9.17) is 9.47 Å². The van der Waals surface area contributed by atoms with Crippen molar-refractivity contribution in [2.45, 2.75) is 43.9 Å². The average Bonchev–Trinajstić information content (AvgIpc) is 3.24. The molecule has 1 aromatic rings. The molecule has 6 nitrogen and oxygen atoms in total. The van der Waals surface area contributed by atoms with Crippen LogP contribution in [0.5, 0.6) is 5.75 Å². The highest BCUT2D eigenvalue weighted by molar-refractivity contribution is 5.80. The van der Waals surface area contributed by atoms with Gasteiger partial charge in [0.05, 0.1) is 20.1 Å². The maximum atomic E-state index is 11.8. The summed E-state index contributed by atoms with van der Waals surface area (Å²) in [6.45, 7) is 2.49. The van der Waals surface area contributed by atoms with E-state index in [0.717, 1.165) is 57.0 Å². The summed E-state index contributed by atoms with van der Waals surface area (Å²) in [4.78, 5) is 18.5. The Morgan fingerprint density at radius 2 is 1.89 bits per heavy atom. The van der Waals surface area contributed by atoms with Gasteiger partial charge in [0, 0.05) is 37.7 Å². The molecule has 2 aliphatic rings. The Kier molecular flexibility index (Phi) is 6.81. The maximum Gasteiger partial charge on any atom is 0.308 e. The minimum atomic E-state index is -0.0938. The molecule has 1 heterocycles. The van der Waals surface area contributed by atoms with E-state index >= 15 is 0 Å². The molecular weight excluding hydrogens is 354 g/mol. The van der Waals surface area contributed by atoms with Crippen molar-refractivity contribution in [3.8, 4) is 5.75 Å². The van der Waals surface area contributed by atoms with E-state index in [1.165, 1.54) is 25.5 Å². The summed E-state index contributed by atoms with van der Waals surface area (Å²) in [6.07, 6.45) is 6.41. The van der Waals surface area contributed by atoms with Crippen molar-refractivity contribution in [3.05, 3.63) is 29.8 Å². The van der Waals surface area contributed by atoms with Gasteiger partial charge in [0.2, 0.25) is 0 Å². The number of piperidine rings is 1. The van der Waals surface area contributed by atoms with Gasteiger partial charge in [0.15, 0.2) is 5.96 Å². The number of benzene rings is 1. The minimum absolute atomic E-state index is 0.00844. The van der Waals surface area contributed by atoms with E-state index in [9.17, 15) is 4.79 Å². The number of guanidine groups is 1. The van der Waals surface area contributed by atoms with Crippen LogP contribution in [0.3, 0.4) is 0 Å². The topological polar surface area (TPSA) is 63.2 Å². The molecule has 0 atom stereocenters. The molecule has 154 valence electrons. The fourth-order valence-electron chi connectivity index (χ4n) is 4.75. The van der Waals surface area contributed by atoms with Crippen LogP contribution in [0, 0.1) is 5.92 Å². The SMILES string of the molecule is CN=C(NCC1(c2ccccc2OC)CCCC1)N1CCC(C(=O)OC)CC1. The van der Waals surface area contributed by atoms with Crippen molar-refractivity contribution < 1.29 is 14.3 Å². The molecule has 1 aromatic carbocycles. The highest BCUT2D eigenvalue weighted by Crippen LogP contribution is 2.44. The van der Waals surface area contributed by atoms with Gasteiger partial charge in [0.1, 0.15) is 5.75 Å². The Hall–Kier alpha value is -2.24. The molecule has 0 radical (unpaired) electrons. The normalized spacial score (nSPS) is 20.1. The van der Waals surface area contributed by atoms with Crippen LogP contribution >= 0.6 is 0 Å². The fraction of sp³-hybridized carbons (Fsp3) is 0.636. The number of hydrogen-bond donors (Lipinski definition) is 1. The van der Waals surface area contributed by atoms with Crippen molar-refractivity contribution in [1.29, 1.82) is 0 Å². The predicted molar refractivity (Wildman–Crippen MR) is 111 cm³/mol. The summed E-state index contributed by atoms with van der Waals surface area (Å²) in [5.74, 6) is 1.81. The molecule has 0 amide bonds. The van der Waals surface area contributed by atoms with Crippen LogP contribution in [0.25, 0.3) is 0 Å². The van der Waals surface area contributed by atoms with Crippen LogP contribution in [0.2, 0.25) is 0 Å². The van der Waals surface area contributed by atoms with Crippen molar-refractivity contribution >= 4 is 11.9 Å². The number of para-hydroxylation sites is 1. The predicted octanol–water partition coefficient (Wildman–Crippen LogP) is 2.97. The minimum Gasteiger partial charge on any atom is -0.496 e. The molecule has 3 rings (SSSR count). The lowest BCUT2D eigenvalue weighted by molar-refractivity contribution is -0.146. The van der Waals surface area contributed by atoms with Crippen LogP contribution in [-0.4, -0.2) is 57.7 Å². The third-order valence-corrected chi connectivity index (χ3v) is 6.36. The first-order valence-electron chi connectivity index (χ1n) is 10.3. The number of carbonyl (C=O) groups excluding carboxylic acids is 1. The molecule has 0 aromatic heterocycles. The van der Waals surface area contributed by atoms with E-state index in [2.05, 4.69) is 33.4 Å². The van der Waals surface area contributed by atoms with E-state index in [1.54, 1.807) is 7.11 Å². The second-order valence-electron chi connectivity index (χ2n) is 7.87. The third-order valence-electron chi connectivity index (χ3n) is 6.36. The standard InChI is InChI=1S/C22H33N3O3/c1-23-21(25-14-10-17(11-15-25)20(26)28-3)24-16-22(12-6-7-13-22)18-8-4-5-9-19(18)27-2/h4-5,8-9,17H,6-7,10-16H2,1-3H3,(H,23,24). The molecule has 0 unspecified atom stereocenters. The summed E-state index contributed by atoms with van der Waals surface area (Å²) in [5.41, 5.74) is 1.37. The van der Waals surface area contributed by atoms with E-state index in [-0.39, 0.29) is 17.3 Å². The number of hydrogen-bond acceptors (Lipinski definition) is 4. The number of likely N-dealkylation sites (tertiary alicyclic amines) is 1. The molecule has 1 N–H and O–H groups in total. The molecule has 1 aliphatic heterocycles. The first-order chi connectivity index (χ1) is 13.6. The van der Waals surface area contributed by atoms with Crippen LogP contribution in [0.1, 0.15) is 44.1 Å². The van der Waals surface area contributed by atoms with E-state index < -0.39 is 0 Å². The Morgan fingerprint density at radius 3 is 2.50 bits per heavy atom. The van der Waals surface area contributed by atoms with Crippen LogP contribution < -0.4 is 10.1 Å². The first kappa shape index (κ1) is 20.5. The molecule has 28 heavy (non-hydrogen) atoms.